The lowest BCUT2D eigenvalue weighted by atomic mass is 9.99. The average molecular weight is 346 g/mol. The molecule has 0 fully saturated rings. The summed E-state index contributed by atoms with van der Waals surface area (Å²) in [5.74, 6) is 1.11. The normalized spacial score (nSPS) is 18.0. The summed E-state index contributed by atoms with van der Waals surface area (Å²) in [5, 5.41) is 1.20. The van der Waals surface area contributed by atoms with Crippen molar-refractivity contribution in [2.45, 2.75) is 19.4 Å². The van der Waals surface area contributed by atoms with Gasteiger partial charge in [-0.05, 0) is 31.2 Å². The van der Waals surface area contributed by atoms with Gasteiger partial charge in [-0.2, -0.15) is 0 Å². The maximum Gasteiger partial charge on any atom is 0.137 e. The molecule has 3 aromatic rings. The Hall–Kier alpha value is -2.73. The van der Waals surface area contributed by atoms with Crippen molar-refractivity contribution in [1.29, 1.82) is 0 Å². The van der Waals surface area contributed by atoms with Gasteiger partial charge in [-0.1, -0.05) is 6.08 Å². The van der Waals surface area contributed by atoms with Gasteiger partial charge >= 0.3 is 0 Å². The molecule has 0 radical (unpaired) electrons. The van der Waals surface area contributed by atoms with E-state index in [1.54, 1.807) is 6.33 Å². The molecule has 6 nitrogen and oxygen atoms in total. The molecule has 0 saturated carbocycles. The number of nitrogens with one attached hydrogen (secondary N) is 1. The molecule has 3 aromatic heterocycles. The van der Waals surface area contributed by atoms with Gasteiger partial charge in [0.05, 0.1) is 5.69 Å². The number of aromatic nitrogens is 4. The number of hydrogen-bond acceptors (Lipinski definition) is 5. The molecule has 2 aliphatic heterocycles. The third-order valence-electron chi connectivity index (χ3n) is 5.48. The zero-order valence-electron chi connectivity index (χ0n) is 14.9. The Kier molecular flexibility index (Phi) is 3.71. The van der Waals surface area contributed by atoms with Gasteiger partial charge in [0.2, 0.25) is 0 Å². The first kappa shape index (κ1) is 15.5. The van der Waals surface area contributed by atoms with Crippen molar-refractivity contribution >= 4 is 22.4 Å². The molecule has 0 bridgehead atoms. The van der Waals surface area contributed by atoms with Gasteiger partial charge in [-0.25, -0.2) is 15.0 Å². The molecule has 5 rings (SSSR count). The Labute approximate surface area is 152 Å². The Morgan fingerprint density at radius 2 is 2.08 bits per heavy atom. The summed E-state index contributed by atoms with van der Waals surface area (Å²) in [6.45, 7) is 3.87. The van der Waals surface area contributed by atoms with Crippen LogP contribution in [-0.2, 0) is 13.0 Å². The van der Waals surface area contributed by atoms with Crippen LogP contribution in [0.25, 0.3) is 16.6 Å². The Bertz CT molecular complexity index is 989. The molecule has 26 heavy (non-hydrogen) atoms. The van der Waals surface area contributed by atoms with E-state index in [0.717, 1.165) is 50.5 Å². The second-order valence-electron chi connectivity index (χ2n) is 7.14. The van der Waals surface area contributed by atoms with Gasteiger partial charge in [-0.15, -0.1) is 0 Å². The van der Waals surface area contributed by atoms with Crippen molar-refractivity contribution in [3.8, 4) is 0 Å². The molecule has 0 aliphatic carbocycles. The lowest BCUT2D eigenvalue weighted by Crippen LogP contribution is -2.34. The third kappa shape index (κ3) is 2.57. The van der Waals surface area contributed by atoms with Crippen LogP contribution in [-0.4, -0.2) is 51.5 Å². The van der Waals surface area contributed by atoms with E-state index in [4.69, 9.17) is 0 Å². The van der Waals surface area contributed by atoms with Crippen LogP contribution in [0.4, 0.5) is 5.82 Å². The fourth-order valence-electron chi connectivity index (χ4n) is 4.06. The van der Waals surface area contributed by atoms with E-state index < -0.39 is 0 Å². The minimum absolute atomic E-state index is 0.884. The molecule has 2 aliphatic rings. The summed E-state index contributed by atoms with van der Waals surface area (Å²) in [6, 6.07) is 4.14. The van der Waals surface area contributed by atoms with Crippen LogP contribution in [0.5, 0.6) is 0 Å². The van der Waals surface area contributed by atoms with Crippen LogP contribution < -0.4 is 4.90 Å². The summed E-state index contributed by atoms with van der Waals surface area (Å²) in [6.07, 6.45) is 9.99. The third-order valence-corrected chi connectivity index (χ3v) is 5.48. The maximum absolute atomic E-state index is 4.63. The molecular weight excluding hydrogens is 324 g/mol. The summed E-state index contributed by atoms with van der Waals surface area (Å²) in [4.78, 5) is 21.6. The molecule has 0 amide bonds. The van der Waals surface area contributed by atoms with E-state index in [1.807, 2.05) is 12.3 Å². The second kappa shape index (κ2) is 6.21. The minimum Gasteiger partial charge on any atom is -0.352 e. The number of aromatic amines is 1. The Balaban J connectivity index is 1.44. The first-order chi connectivity index (χ1) is 12.8. The number of fused-ring (bicyclic) bond motifs is 2. The molecule has 0 spiro atoms. The maximum atomic E-state index is 4.63. The highest BCUT2D eigenvalue weighted by Crippen LogP contribution is 2.31. The number of rotatable bonds is 2. The number of pyridine rings is 1. The number of hydrogen-bond donors (Lipinski definition) is 1. The zero-order chi connectivity index (χ0) is 17.5. The molecule has 5 heterocycles. The largest absolute Gasteiger partial charge is 0.352 e. The van der Waals surface area contributed by atoms with E-state index in [1.165, 1.54) is 27.8 Å². The molecule has 0 saturated heterocycles. The highest BCUT2D eigenvalue weighted by Gasteiger charge is 2.24. The number of H-pyrrole nitrogens is 1. The second-order valence-corrected chi connectivity index (χ2v) is 7.14. The van der Waals surface area contributed by atoms with E-state index in [9.17, 15) is 0 Å². The van der Waals surface area contributed by atoms with Crippen molar-refractivity contribution in [2.24, 2.45) is 0 Å². The standard InChI is InChI=1S/C20H22N6/c1-25-8-6-18-17(12-25)20(24-13-23-18)26-9-4-14(5-10-26)16-11-22-19-15(16)3-2-7-21-19/h2-4,7,11,13H,5-6,8-10,12H2,1H3,(H,21,22). The predicted molar refractivity (Wildman–Crippen MR) is 103 cm³/mol. The van der Waals surface area contributed by atoms with Crippen LogP contribution in [0.1, 0.15) is 23.2 Å². The van der Waals surface area contributed by atoms with Crippen molar-refractivity contribution in [1.82, 2.24) is 24.8 Å². The Morgan fingerprint density at radius 1 is 1.12 bits per heavy atom. The fourth-order valence-corrected chi connectivity index (χ4v) is 4.06. The number of nitrogens with zero attached hydrogens (tertiary/aromatic N) is 5. The smallest absolute Gasteiger partial charge is 0.137 e. The zero-order valence-corrected chi connectivity index (χ0v) is 14.9. The summed E-state index contributed by atoms with van der Waals surface area (Å²) in [5.41, 5.74) is 6.14. The van der Waals surface area contributed by atoms with Gasteiger partial charge in [0.15, 0.2) is 0 Å². The average Bonchev–Trinajstić information content (AvgIpc) is 3.12. The molecule has 6 heteroatoms. The topological polar surface area (TPSA) is 60.9 Å². The van der Waals surface area contributed by atoms with E-state index in [-0.39, 0.29) is 0 Å². The van der Waals surface area contributed by atoms with Crippen molar-refractivity contribution < 1.29 is 0 Å². The minimum atomic E-state index is 0.884. The summed E-state index contributed by atoms with van der Waals surface area (Å²) >= 11 is 0. The van der Waals surface area contributed by atoms with Crippen LogP contribution in [0.2, 0.25) is 0 Å². The molecule has 0 unspecified atom stereocenters. The van der Waals surface area contributed by atoms with Gasteiger partial charge in [0.25, 0.3) is 0 Å². The van der Waals surface area contributed by atoms with E-state index in [0.29, 0.717) is 0 Å². The lowest BCUT2D eigenvalue weighted by molar-refractivity contribution is 0.309. The van der Waals surface area contributed by atoms with Crippen molar-refractivity contribution in [3.63, 3.8) is 0 Å². The predicted octanol–water partition coefficient (Wildman–Crippen LogP) is 2.63. The van der Waals surface area contributed by atoms with Gasteiger partial charge in [0, 0.05) is 61.5 Å². The SMILES string of the molecule is CN1CCc2ncnc(N3CC=C(c4c[nH]c5ncccc45)CC3)c2C1. The van der Waals surface area contributed by atoms with Gasteiger partial charge in [0.1, 0.15) is 17.8 Å². The number of likely N-dealkylation sites (N-methyl/N-ethyl adjacent to an activating group) is 1. The highest BCUT2D eigenvalue weighted by atomic mass is 15.2. The molecule has 1 N–H and O–H groups in total. The van der Waals surface area contributed by atoms with Gasteiger partial charge in [-0.3, -0.25) is 0 Å². The first-order valence-corrected chi connectivity index (χ1v) is 9.17. The van der Waals surface area contributed by atoms with E-state index in [2.05, 4.69) is 55.1 Å². The van der Waals surface area contributed by atoms with Crippen LogP contribution in [0, 0.1) is 0 Å². The fraction of sp³-hybridized carbons (Fsp3) is 0.350. The quantitative estimate of drug-likeness (QED) is 0.773. The van der Waals surface area contributed by atoms with Crippen LogP contribution in [0.15, 0.2) is 36.9 Å². The Morgan fingerprint density at radius 3 is 2.96 bits per heavy atom. The van der Waals surface area contributed by atoms with Crippen molar-refractivity contribution in [3.05, 3.63) is 53.8 Å². The molecular formula is C20H22N6. The molecule has 0 aromatic carbocycles. The summed E-state index contributed by atoms with van der Waals surface area (Å²) in [7, 11) is 2.17. The lowest BCUT2D eigenvalue weighted by Gasteiger charge is -2.32. The molecule has 0 atom stereocenters. The highest BCUT2D eigenvalue weighted by molar-refractivity contribution is 5.91. The van der Waals surface area contributed by atoms with Gasteiger partial charge < -0.3 is 14.8 Å². The monoisotopic (exact) mass is 346 g/mol. The summed E-state index contributed by atoms with van der Waals surface area (Å²) < 4.78 is 0. The molecule has 132 valence electrons. The van der Waals surface area contributed by atoms with Crippen LogP contribution >= 0.6 is 0 Å². The van der Waals surface area contributed by atoms with Crippen LogP contribution in [0.3, 0.4) is 0 Å². The van der Waals surface area contributed by atoms with E-state index >= 15 is 0 Å². The first-order valence-electron chi connectivity index (χ1n) is 9.17. The van der Waals surface area contributed by atoms with Crippen molar-refractivity contribution in [2.75, 3.05) is 31.6 Å². The number of anilines is 1.